The minimum atomic E-state index is -3.56. The predicted octanol–water partition coefficient (Wildman–Crippen LogP) is 3.85. The molecular formula is C19H23ClN2O3S2. The SMILES string of the molecule is CC(C)(C)c1ccc(S(=O)(=O)N2CCN(C(=O)c3ccc(Cl)s3)CC2)cc1. The van der Waals surface area contributed by atoms with Gasteiger partial charge in [-0.1, -0.05) is 44.5 Å². The van der Waals surface area contributed by atoms with Gasteiger partial charge in [-0.2, -0.15) is 4.31 Å². The van der Waals surface area contributed by atoms with E-state index < -0.39 is 10.0 Å². The van der Waals surface area contributed by atoms with Gasteiger partial charge < -0.3 is 4.90 Å². The second kappa shape index (κ2) is 7.54. The number of nitrogens with zero attached hydrogens (tertiary/aromatic N) is 2. The average Bonchev–Trinajstić information content (AvgIpc) is 3.07. The number of hydrogen-bond donors (Lipinski definition) is 0. The Morgan fingerprint density at radius 2 is 1.59 bits per heavy atom. The number of carbonyl (C=O) groups is 1. The van der Waals surface area contributed by atoms with Gasteiger partial charge in [0.05, 0.1) is 14.1 Å². The van der Waals surface area contributed by atoms with Crippen molar-refractivity contribution in [2.45, 2.75) is 31.1 Å². The molecule has 146 valence electrons. The first-order chi connectivity index (χ1) is 12.6. The van der Waals surface area contributed by atoms with Gasteiger partial charge in [-0.3, -0.25) is 4.79 Å². The number of benzene rings is 1. The monoisotopic (exact) mass is 426 g/mol. The number of thiophene rings is 1. The van der Waals surface area contributed by atoms with Crippen molar-refractivity contribution in [3.63, 3.8) is 0 Å². The summed E-state index contributed by atoms with van der Waals surface area (Å²) in [6, 6.07) is 10.5. The maximum absolute atomic E-state index is 12.9. The zero-order chi connectivity index (χ0) is 19.8. The van der Waals surface area contributed by atoms with Crippen LogP contribution >= 0.6 is 22.9 Å². The Morgan fingerprint density at radius 1 is 1.00 bits per heavy atom. The summed E-state index contributed by atoms with van der Waals surface area (Å²) in [5.41, 5.74) is 1.06. The molecule has 1 aromatic carbocycles. The molecule has 3 rings (SSSR count). The van der Waals surface area contributed by atoms with Gasteiger partial charge in [0.1, 0.15) is 0 Å². The molecule has 0 radical (unpaired) electrons. The van der Waals surface area contributed by atoms with Crippen molar-refractivity contribution < 1.29 is 13.2 Å². The number of piperazine rings is 1. The number of amides is 1. The lowest BCUT2D eigenvalue weighted by Gasteiger charge is -2.33. The van der Waals surface area contributed by atoms with E-state index in [0.29, 0.717) is 27.2 Å². The van der Waals surface area contributed by atoms with Crippen molar-refractivity contribution in [2.24, 2.45) is 0 Å². The topological polar surface area (TPSA) is 57.7 Å². The number of carbonyl (C=O) groups excluding carboxylic acids is 1. The molecule has 27 heavy (non-hydrogen) atoms. The van der Waals surface area contributed by atoms with Crippen molar-refractivity contribution in [2.75, 3.05) is 26.2 Å². The number of halogens is 1. The highest BCUT2D eigenvalue weighted by Crippen LogP contribution is 2.26. The molecular weight excluding hydrogens is 404 g/mol. The molecule has 0 N–H and O–H groups in total. The first kappa shape index (κ1) is 20.3. The van der Waals surface area contributed by atoms with Crippen LogP contribution in [-0.2, 0) is 15.4 Å². The molecule has 5 nitrogen and oxygen atoms in total. The van der Waals surface area contributed by atoms with Crippen molar-refractivity contribution in [3.8, 4) is 0 Å². The first-order valence-electron chi connectivity index (χ1n) is 8.74. The van der Waals surface area contributed by atoms with Crippen molar-refractivity contribution in [3.05, 3.63) is 51.2 Å². The largest absolute Gasteiger partial charge is 0.335 e. The van der Waals surface area contributed by atoms with E-state index in [9.17, 15) is 13.2 Å². The summed E-state index contributed by atoms with van der Waals surface area (Å²) < 4.78 is 27.8. The van der Waals surface area contributed by atoms with Crippen LogP contribution in [-0.4, -0.2) is 49.7 Å². The lowest BCUT2D eigenvalue weighted by molar-refractivity contribution is 0.0703. The van der Waals surface area contributed by atoms with E-state index in [1.807, 2.05) is 12.1 Å². The van der Waals surface area contributed by atoms with Crippen LogP contribution in [0.15, 0.2) is 41.3 Å². The van der Waals surface area contributed by atoms with Gasteiger partial charge in [-0.05, 0) is 35.2 Å². The fourth-order valence-electron chi connectivity index (χ4n) is 2.99. The third-order valence-electron chi connectivity index (χ3n) is 4.67. The maximum Gasteiger partial charge on any atom is 0.264 e. The van der Waals surface area contributed by atoms with E-state index in [1.165, 1.54) is 15.6 Å². The van der Waals surface area contributed by atoms with Crippen molar-refractivity contribution in [1.29, 1.82) is 0 Å². The average molecular weight is 427 g/mol. The zero-order valence-corrected chi connectivity index (χ0v) is 18.0. The Labute approximate surface area is 169 Å². The molecule has 0 bridgehead atoms. The lowest BCUT2D eigenvalue weighted by atomic mass is 9.87. The molecule has 1 aliphatic heterocycles. The van der Waals surface area contributed by atoms with E-state index in [1.54, 1.807) is 29.2 Å². The summed E-state index contributed by atoms with van der Waals surface area (Å²) >= 11 is 7.13. The molecule has 1 aromatic heterocycles. The summed E-state index contributed by atoms with van der Waals surface area (Å²) in [7, 11) is -3.56. The van der Waals surface area contributed by atoms with Crippen LogP contribution in [0.3, 0.4) is 0 Å². The van der Waals surface area contributed by atoms with E-state index in [0.717, 1.165) is 5.56 Å². The van der Waals surface area contributed by atoms with Crippen LogP contribution in [0.4, 0.5) is 0 Å². The first-order valence-corrected chi connectivity index (χ1v) is 11.4. The Hall–Kier alpha value is -1.41. The minimum Gasteiger partial charge on any atom is -0.335 e. The molecule has 8 heteroatoms. The smallest absolute Gasteiger partial charge is 0.264 e. The lowest BCUT2D eigenvalue weighted by Crippen LogP contribution is -2.50. The van der Waals surface area contributed by atoms with Gasteiger partial charge in [-0.25, -0.2) is 8.42 Å². The molecule has 0 unspecified atom stereocenters. The van der Waals surface area contributed by atoms with Crippen LogP contribution in [0.1, 0.15) is 36.0 Å². The Kier molecular flexibility index (Phi) is 5.68. The van der Waals surface area contributed by atoms with Crippen LogP contribution < -0.4 is 0 Å². The third-order valence-corrected chi connectivity index (χ3v) is 7.80. The van der Waals surface area contributed by atoms with Gasteiger partial charge in [0, 0.05) is 26.2 Å². The van der Waals surface area contributed by atoms with Gasteiger partial charge in [0.2, 0.25) is 10.0 Å². The normalized spacial score (nSPS) is 16.5. The standard InChI is InChI=1S/C19H23ClN2O3S2/c1-19(2,3)14-4-6-15(7-5-14)27(24,25)22-12-10-21(11-13-22)18(23)16-8-9-17(20)26-16/h4-9H,10-13H2,1-3H3. The molecule has 0 spiro atoms. The van der Waals surface area contributed by atoms with Gasteiger partial charge in [0.15, 0.2) is 0 Å². The second-order valence-electron chi connectivity index (χ2n) is 7.57. The van der Waals surface area contributed by atoms with Crippen molar-refractivity contribution in [1.82, 2.24) is 9.21 Å². The quantitative estimate of drug-likeness (QED) is 0.749. The molecule has 1 amide bonds. The van der Waals surface area contributed by atoms with E-state index in [4.69, 9.17) is 11.6 Å². The van der Waals surface area contributed by atoms with Gasteiger partial charge >= 0.3 is 0 Å². The summed E-state index contributed by atoms with van der Waals surface area (Å²) in [6.07, 6.45) is 0. The van der Waals surface area contributed by atoms with E-state index >= 15 is 0 Å². The minimum absolute atomic E-state index is 0.0288. The highest BCUT2D eigenvalue weighted by molar-refractivity contribution is 7.89. The number of hydrogen-bond acceptors (Lipinski definition) is 4. The van der Waals surface area contributed by atoms with E-state index in [-0.39, 0.29) is 24.4 Å². The highest BCUT2D eigenvalue weighted by atomic mass is 35.5. The second-order valence-corrected chi connectivity index (χ2v) is 11.2. The summed E-state index contributed by atoms with van der Waals surface area (Å²) in [5.74, 6) is -0.0986. The predicted molar refractivity (Wildman–Crippen MR) is 109 cm³/mol. The molecule has 0 aliphatic carbocycles. The van der Waals surface area contributed by atoms with Gasteiger partial charge in [-0.15, -0.1) is 11.3 Å². The Morgan fingerprint density at radius 3 is 2.07 bits per heavy atom. The fourth-order valence-corrected chi connectivity index (χ4v) is 5.43. The Balaban J connectivity index is 1.68. The third kappa shape index (κ3) is 4.37. The molecule has 1 saturated heterocycles. The molecule has 2 aromatic rings. The molecule has 1 fully saturated rings. The maximum atomic E-state index is 12.9. The summed E-state index contributed by atoms with van der Waals surface area (Å²) in [5, 5.41) is 0. The van der Waals surface area contributed by atoms with Crippen LogP contribution in [0.5, 0.6) is 0 Å². The van der Waals surface area contributed by atoms with Gasteiger partial charge in [0.25, 0.3) is 5.91 Å². The molecule has 0 atom stereocenters. The van der Waals surface area contributed by atoms with E-state index in [2.05, 4.69) is 20.8 Å². The van der Waals surface area contributed by atoms with Crippen LogP contribution in [0.25, 0.3) is 0 Å². The molecule has 2 heterocycles. The van der Waals surface area contributed by atoms with Crippen LogP contribution in [0, 0.1) is 0 Å². The summed E-state index contributed by atoms with van der Waals surface area (Å²) in [6.45, 7) is 7.58. The highest BCUT2D eigenvalue weighted by Gasteiger charge is 2.31. The summed E-state index contributed by atoms with van der Waals surface area (Å²) in [4.78, 5) is 15.0. The molecule has 1 aliphatic rings. The van der Waals surface area contributed by atoms with Crippen LogP contribution in [0.2, 0.25) is 4.34 Å². The Bertz CT molecular complexity index is 923. The van der Waals surface area contributed by atoms with Crippen molar-refractivity contribution >= 4 is 38.9 Å². The number of sulfonamides is 1. The fraction of sp³-hybridized carbons (Fsp3) is 0.421. The zero-order valence-electron chi connectivity index (χ0n) is 15.6. The molecule has 0 saturated carbocycles. The number of rotatable bonds is 3.